The maximum absolute atomic E-state index is 13.3. The van der Waals surface area contributed by atoms with E-state index < -0.39 is 6.10 Å². The van der Waals surface area contributed by atoms with Crippen molar-refractivity contribution in [2.45, 2.75) is 13.0 Å². The van der Waals surface area contributed by atoms with Gasteiger partial charge in [-0.05, 0) is 47.9 Å². The van der Waals surface area contributed by atoms with Crippen LogP contribution >= 0.6 is 0 Å². The van der Waals surface area contributed by atoms with Crippen molar-refractivity contribution in [1.82, 2.24) is 9.97 Å². The Kier molecular flexibility index (Phi) is 3.16. The van der Waals surface area contributed by atoms with E-state index in [9.17, 15) is 9.50 Å². The Bertz CT molecular complexity index is 773. The summed E-state index contributed by atoms with van der Waals surface area (Å²) in [6.45, 7) is 1.85. The van der Waals surface area contributed by atoms with Crippen LogP contribution in [0.15, 0.2) is 48.8 Å². The summed E-state index contributed by atoms with van der Waals surface area (Å²) in [5, 5.41) is 10.4. The van der Waals surface area contributed by atoms with E-state index in [1.54, 1.807) is 36.7 Å². The first-order valence-electron chi connectivity index (χ1n) is 6.30. The van der Waals surface area contributed by atoms with E-state index in [1.807, 2.05) is 6.92 Å². The molecular formula is C16H13FN2O. The molecule has 0 spiro atoms. The Morgan fingerprint density at radius 2 is 1.75 bits per heavy atom. The summed E-state index contributed by atoms with van der Waals surface area (Å²) in [4.78, 5) is 8.39. The monoisotopic (exact) mass is 268 g/mol. The van der Waals surface area contributed by atoms with Crippen molar-refractivity contribution in [1.29, 1.82) is 0 Å². The molecule has 4 heteroatoms. The lowest BCUT2D eigenvalue weighted by atomic mass is 9.97. The standard InChI is InChI=1S/C16H13FN2O/c1-10-2-4-12(17)9-13(10)16(20)11-3-5-14-15(8-11)19-7-6-18-14/h2-9,16,20H,1H3. The average Bonchev–Trinajstić information content (AvgIpc) is 2.48. The van der Waals surface area contributed by atoms with Gasteiger partial charge in [0.2, 0.25) is 0 Å². The van der Waals surface area contributed by atoms with Gasteiger partial charge in [-0.25, -0.2) is 4.39 Å². The second-order valence-corrected chi connectivity index (χ2v) is 4.71. The van der Waals surface area contributed by atoms with Gasteiger partial charge in [0.25, 0.3) is 0 Å². The normalized spacial score (nSPS) is 12.6. The molecule has 0 fully saturated rings. The molecule has 0 saturated carbocycles. The number of nitrogens with zero attached hydrogens (tertiary/aromatic N) is 2. The SMILES string of the molecule is Cc1ccc(F)cc1C(O)c1ccc2nccnc2c1. The molecule has 3 aromatic rings. The summed E-state index contributed by atoms with van der Waals surface area (Å²) < 4.78 is 13.3. The van der Waals surface area contributed by atoms with Gasteiger partial charge in [-0.1, -0.05) is 12.1 Å². The molecule has 1 atom stereocenters. The van der Waals surface area contributed by atoms with E-state index >= 15 is 0 Å². The Hall–Kier alpha value is -2.33. The van der Waals surface area contributed by atoms with Crippen LogP contribution in [-0.2, 0) is 0 Å². The number of hydrogen-bond donors (Lipinski definition) is 1. The molecule has 0 bridgehead atoms. The van der Waals surface area contributed by atoms with Gasteiger partial charge in [0.15, 0.2) is 0 Å². The summed E-state index contributed by atoms with van der Waals surface area (Å²) in [5.74, 6) is -0.356. The molecule has 0 aliphatic rings. The number of benzene rings is 2. The molecular weight excluding hydrogens is 255 g/mol. The predicted molar refractivity (Wildman–Crippen MR) is 74.7 cm³/mol. The number of fused-ring (bicyclic) bond motifs is 1. The predicted octanol–water partition coefficient (Wildman–Crippen LogP) is 3.16. The van der Waals surface area contributed by atoms with Crippen molar-refractivity contribution in [2.24, 2.45) is 0 Å². The zero-order valence-corrected chi connectivity index (χ0v) is 10.9. The Morgan fingerprint density at radius 1 is 1.00 bits per heavy atom. The van der Waals surface area contributed by atoms with Crippen LogP contribution in [0.25, 0.3) is 11.0 Å². The van der Waals surface area contributed by atoms with E-state index in [0.717, 1.165) is 11.1 Å². The van der Waals surface area contributed by atoms with E-state index in [4.69, 9.17) is 0 Å². The smallest absolute Gasteiger partial charge is 0.123 e. The van der Waals surface area contributed by atoms with Crippen LogP contribution in [0.2, 0.25) is 0 Å². The molecule has 0 aliphatic heterocycles. The highest BCUT2D eigenvalue weighted by molar-refractivity contribution is 5.74. The van der Waals surface area contributed by atoms with Crippen LogP contribution in [0.4, 0.5) is 4.39 Å². The first kappa shape index (κ1) is 12.7. The van der Waals surface area contributed by atoms with Crippen LogP contribution in [0.1, 0.15) is 22.8 Å². The summed E-state index contributed by atoms with van der Waals surface area (Å²) in [6, 6.07) is 9.77. The van der Waals surface area contributed by atoms with Gasteiger partial charge in [0.05, 0.1) is 11.0 Å². The van der Waals surface area contributed by atoms with E-state index in [1.165, 1.54) is 12.1 Å². The summed E-state index contributed by atoms with van der Waals surface area (Å²) >= 11 is 0. The van der Waals surface area contributed by atoms with Crippen LogP contribution < -0.4 is 0 Å². The minimum Gasteiger partial charge on any atom is -0.384 e. The topological polar surface area (TPSA) is 46.0 Å². The maximum atomic E-state index is 13.3. The van der Waals surface area contributed by atoms with Gasteiger partial charge >= 0.3 is 0 Å². The third kappa shape index (κ3) is 2.26. The molecule has 0 saturated heterocycles. The highest BCUT2D eigenvalue weighted by Gasteiger charge is 2.14. The Balaban J connectivity index is 2.07. The van der Waals surface area contributed by atoms with Gasteiger partial charge in [-0.3, -0.25) is 9.97 Å². The molecule has 0 aliphatic carbocycles. The first-order chi connectivity index (χ1) is 9.65. The van der Waals surface area contributed by atoms with Crippen molar-refractivity contribution < 1.29 is 9.50 Å². The van der Waals surface area contributed by atoms with Crippen molar-refractivity contribution in [3.63, 3.8) is 0 Å². The lowest BCUT2D eigenvalue weighted by molar-refractivity contribution is 0.219. The van der Waals surface area contributed by atoms with E-state index in [0.29, 0.717) is 16.6 Å². The molecule has 1 heterocycles. The number of aromatic nitrogens is 2. The minimum absolute atomic E-state index is 0.356. The lowest BCUT2D eigenvalue weighted by Gasteiger charge is -2.14. The molecule has 20 heavy (non-hydrogen) atoms. The Labute approximate surface area is 115 Å². The Morgan fingerprint density at radius 3 is 2.55 bits per heavy atom. The summed E-state index contributed by atoms with van der Waals surface area (Å²) in [6.07, 6.45) is 2.35. The molecule has 1 unspecified atom stereocenters. The minimum atomic E-state index is -0.878. The average molecular weight is 268 g/mol. The zero-order valence-electron chi connectivity index (χ0n) is 10.9. The molecule has 3 rings (SSSR count). The van der Waals surface area contributed by atoms with Crippen molar-refractivity contribution >= 4 is 11.0 Å². The van der Waals surface area contributed by atoms with Crippen LogP contribution in [0, 0.1) is 12.7 Å². The molecule has 0 amide bonds. The van der Waals surface area contributed by atoms with Gasteiger partial charge in [-0.15, -0.1) is 0 Å². The summed E-state index contributed by atoms with van der Waals surface area (Å²) in [5.41, 5.74) is 3.55. The number of aliphatic hydroxyl groups excluding tert-OH is 1. The number of rotatable bonds is 2. The summed E-state index contributed by atoms with van der Waals surface area (Å²) in [7, 11) is 0. The molecule has 0 radical (unpaired) electrons. The number of hydrogen-bond acceptors (Lipinski definition) is 3. The fourth-order valence-corrected chi connectivity index (χ4v) is 2.24. The largest absolute Gasteiger partial charge is 0.384 e. The van der Waals surface area contributed by atoms with Gasteiger partial charge in [0.1, 0.15) is 11.9 Å². The molecule has 100 valence electrons. The second-order valence-electron chi connectivity index (χ2n) is 4.71. The molecule has 1 N–H and O–H groups in total. The zero-order chi connectivity index (χ0) is 14.1. The fraction of sp³-hybridized carbons (Fsp3) is 0.125. The van der Waals surface area contributed by atoms with Gasteiger partial charge in [0, 0.05) is 12.4 Å². The molecule has 1 aromatic heterocycles. The third-order valence-electron chi connectivity index (χ3n) is 3.34. The maximum Gasteiger partial charge on any atom is 0.123 e. The quantitative estimate of drug-likeness (QED) is 0.776. The highest BCUT2D eigenvalue weighted by Crippen LogP contribution is 2.27. The van der Waals surface area contributed by atoms with Gasteiger partial charge in [-0.2, -0.15) is 0 Å². The number of aryl methyl sites for hydroxylation is 1. The molecule has 3 nitrogen and oxygen atoms in total. The third-order valence-corrected chi connectivity index (χ3v) is 3.34. The van der Waals surface area contributed by atoms with E-state index in [-0.39, 0.29) is 5.82 Å². The number of aliphatic hydroxyl groups is 1. The number of halogens is 1. The fourth-order valence-electron chi connectivity index (χ4n) is 2.24. The first-order valence-corrected chi connectivity index (χ1v) is 6.30. The van der Waals surface area contributed by atoms with E-state index in [2.05, 4.69) is 9.97 Å². The second kappa shape index (κ2) is 4.98. The van der Waals surface area contributed by atoms with Crippen LogP contribution in [-0.4, -0.2) is 15.1 Å². The van der Waals surface area contributed by atoms with Crippen molar-refractivity contribution in [2.75, 3.05) is 0 Å². The molecule has 2 aromatic carbocycles. The van der Waals surface area contributed by atoms with Crippen LogP contribution in [0.3, 0.4) is 0 Å². The van der Waals surface area contributed by atoms with Crippen molar-refractivity contribution in [3.05, 3.63) is 71.3 Å². The van der Waals surface area contributed by atoms with Gasteiger partial charge < -0.3 is 5.11 Å². The highest BCUT2D eigenvalue weighted by atomic mass is 19.1. The van der Waals surface area contributed by atoms with Crippen LogP contribution in [0.5, 0.6) is 0 Å². The van der Waals surface area contributed by atoms with Crippen molar-refractivity contribution in [3.8, 4) is 0 Å². The lowest BCUT2D eigenvalue weighted by Crippen LogP contribution is -2.03.